The number of amides is 1. The van der Waals surface area contributed by atoms with Crippen LogP contribution >= 0.6 is 11.3 Å². The Morgan fingerprint density at radius 2 is 2.04 bits per heavy atom. The SMILES string of the molecule is O=C(Nc1nc(Cc2ccccc2)cs1)c1ccc(-n2cncn2)nc1. The summed E-state index contributed by atoms with van der Waals surface area (Å²) in [6, 6.07) is 13.5. The second-order valence-corrected chi connectivity index (χ2v) is 6.36. The molecule has 0 aliphatic carbocycles. The van der Waals surface area contributed by atoms with Crippen LogP contribution in [0.2, 0.25) is 0 Å². The average Bonchev–Trinajstić information content (AvgIpc) is 3.35. The largest absolute Gasteiger partial charge is 0.298 e. The van der Waals surface area contributed by atoms with E-state index in [0.29, 0.717) is 16.5 Å². The fourth-order valence-electron chi connectivity index (χ4n) is 2.40. The Balaban J connectivity index is 1.42. The molecule has 7 nitrogen and oxygen atoms in total. The average molecular weight is 362 g/mol. The maximum absolute atomic E-state index is 12.4. The number of hydrogen-bond acceptors (Lipinski definition) is 6. The van der Waals surface area contributed by atoms with E-state index in [1.54, 1.807) is 18.5 Å². The molecule has 1 amide bonds. The van der Waals surface area contributed by atoms with Crippen LogP contribution in [0.4, 0.5) is 5.13 Å². The molecule has 0 unspecified atom stereocenters. The van der Waals surface area contributed by atoms with Crippen LogP contribution < -0.4 is 5.32 Å². The molecule has 128 valence electrons. The predicted octanol–water partition coefficient (Wildman–Crippen LogP) is 2.96. The van der Waals surface area contributed by atoms with Crippen molar-refractivity contribution in [3.05, 3.63) is 83.5 Å². The molecule has 1 N–H and O–H groups in total. The molecule has 26 heavy (non-hydrogen) atoms. The smallest absolute Gasteiger partial charge is 0.259 e. The number of aromatic nitrogens is 5. The van der Waals surface area contributed by atoms with Crippen LogP contribution in [0.1, 0.15) is 21.6 Å². The van der Waals surface area contributed by atoms with Crippen LogP contribution in [0, 0.1) is 0 Å². The van der Waals surface area contributed by atoms with Crippen molar-refractivity contribution < 1.29 is 4.79 Å². The van der Waals surface area contributed by atoms with Crippen LogP contribution in [0.5, 0.6) is 0 Å². The number of hydrogen-bond donors (Lipinski definition) is 1. The van der Waals surface area contributed by atoms with E-state index in [4.69, 9.17) is 0 Å². The van der Waals surface area contributed by atoms with E-state index < -0.39 is 0 Å². The molecule has 8 heteroatoms. The van der Waals surface area contributed by atoms with Crippen molar-refractivity contribution in [3.8, 4) is 5.82 Å². The molecule has 4 rings (SSSR count). The van der Waals surface area contributed by atoms with Gasteiger partial charge in [-0.2, -0.15) is 5.10 Å². The summed E-state index contributed by atoms with van der Waals surface area (Å²) in [5.74, 6) is 0.349. The molecule has 0 aliphatic heterocycles. The summed E-state index contributed by atoms with van der Waals surface area (Å²) < 4.78 is 1.53. The molecule has 0 atom stereocenters. The Kier molecular flexibility index (Phi) is 4.48. The molecular formula is C18H14N6OS. The van der Waals surface area contributed by atoms with Crippen molar-refractivity contribution >= 4 is 22.4 Å². The number of pyridine rings is 1. The third-order valence-corrected chi connectivity index (χ3v) is 4.47. The van der Waals surface area contributed by atoms with E-state index in [-0.39, 0.29) is 5.91 Å². The number of carbonyl (C=O) groups is 1. The lowest BCUT2D eigenvalue weighted by molar-refractivity contribution is 0.102. The first-order chi connectivity index (χ1) is 12.8. The van der Waals surface area contributed by atoms with Crippen LogP contribution in [-0.2, 0) is 6.42 Å². The van der Waals surface area contributed by atoms with Gasteiger partial charge < -0.3 is 0 Å². The second-order valence-electron chi connectivity index (χ2n) is 5.51. The third-order valence-electron chi connectivity index (χ3n) is 3.66. The van der Waals surface area contributed by atoms with Crippen molar-refractivity contribution in [2.75, 3.05) is 5.32 Å². The van der Waals surface area contributed by atoms with Gasteiger partial charge in [0.15, 0.2) is 10.9 Å². The zero-order valence-electron chi connectivity index (χ0n) is 13.6. The normalized spacial score (nSPS) is 10.6. The van der Waals surface area contributed by atoms with E-state index in [2.05, 4.69) is 37.5 Å². The van der Waals surface area contributed by atoms with Gasteiger partial charge in [0, 0.05) is 18.0 Å². The van der Waals surface area contributed by atoms with E-state index in [1.165, 1.54) is 34.1 Å². The number of thiazole rings is 1. The highest BCUT2D eigenvalue weighted by molar-refractivity contribution is 7.14. The summed E-state index contributed by atoms with van der Waals surface area (Å²) in [6.45, 7) is 0. The van der Waals surface area contributed by atoms with Gasteiger partial charge in [0.25, 0.3) is 5.91 Å². The molecule has 1 aromatic carbocycles. The van der Waals surface area contributed by atoms with Crippen LogP contribution in [-0.4, -0.2) is 30.6 Å². The number of nitrogens with zero attached hydrogens (tertiary/aromatic N) is 5. The Morgan fingerprint density at radius 1 is 1.15 bits per heavy atom. The minimum absolute atomic E-state index is 0.247. The highest BCUT2D eigenvalue weighted by atomic mass is 32.1. The predicted molar refractivity (Wildman–Crippen MR) is 98.5 cm³/mol. The fraction of sp³-hybridized carbons (Fsp3) is 0.0556. The summed E-state index contributed by atoms with van der Waals surface area (Å²) in [7, 11) is 0. The molecule has 0 fully saturated rings. The van der Waals surface area contributed by atoms with Gasteiger partial charge in [-0.1, -0.05) is 30.3 Å². The van der Waals surface area contributed by atoms with Gasteiger partial charge in [-0.15, -0.1) is 11.3 Å². The summed E-state index contributed by atoms with van der Waals surface area (Å²) in [5, 5.41) is 9.34. The zero-order valence-corrected chi connectivity index (χ0v) is 14.4. The van der Waals surface area contributed by atoms with Gasteiger partial charge in [0.1, 0.15) is 12.7 Å². The van der Waals surface area contributed by atoms with E-state index >= 15 is 0 Å². The lowest BCUT2D eigenvalue weighted by atomic mass is 10.1. The van der Waals surface area contributed by atoms with Crippen molar-refractivity contribution in [1.29, 1.82) is 0 Å². The number of rotatable bonds is 5. The second kappa shape index (κ2) is 7.24. The van der Waals surface area contributed by atoms with Gasteiger partial charge in [-0.05, 0) is 17.7 Å². The zero-order chi connectivity index (χ0) is 17.8. The standard InChI is InChI=1S/C18H14N6OS/c25-17(14-6-7-16(20-9-14)24-12-19-11-21-24)23-18-22-15(10-26-18)8-13-4-2-1-3-5-13/h1-7,9-12H,8H2,(H,22,23,25). The van der Waals surface area contributed by atoms with Crippen LogP contribution in [0.3, 0.4) is 0 Å². The minimum atomic E-state index is -0.247. The highest BCUT2D eigenvalue weighted by Gasteiger charge is 2.10. The lowest BCUT2D eigenvalue weighted by Gasteiger charge is -2.03. The van der Waals surface area contributed by atoms with Crippen molar-refractivity contribution in [2.45, 2.75) is 6.42 Å². The van der Waals surface area contributed by atoms with Gasteiger partial charge in [0.2, 0.25) is 0 Å². The van der Waals surface area contributed by atoms with Crippen molar-refractivity contribution in [3.63, 3.8) is 0 Å². The molecule has 3 aromatic heterocycles. The Morgan fingerprint density at radius 3 is 2.77 bits per heavy atom. The minimum Gasteiger partial charge on any atom is -0.298 e. The third kappa shape index (κ3) is 3.65. The first-order valence-corrected chi connectivity index (χ1v) is 8.76. The number of nitrogens with one attached hydrogen (secondary N) is 1. The lowest BCUT2D eigenvalue weighted by Crippen LogP contribution is -2.12. The number of carbonyl (C=O) groups excluding carboxylic acids is 1. The molecule has 0 aliphatic rings. The monoisotopic (exact) mass is 362 g/mol. The Labute approximate surface area is 153 Å². The molecule has 3 heterocycles. The number of anilines is 1. The Bertz CT molecular complexity index is 996. The van der Waals surface area contributed by atoms with Gasteiger partial charge in [-0.3, -0.25) is 10.1 Å². The summed E-state index contributed by atoms with van der Waals surface area (Å²) in [5.41, 5.74) is 2.56. The molecule has 0 radical (unpaired) electrons. The van der Waals surface area contributed by atoms with Crippen molar-refractivity contribution in [2.24, 2.45) is 0 Å². The summed E-state index contributed by atoms with van der Waals surface area (Å²) in [4.78, 5) is 24.9. The molecule has 0 saturated carbocycles. The molecular weight excluding hydrogens is 348 g/mol. The number of benzene rings is 1. The van der Waals surface area contributed by atoms with Crippen LogP contribution in [0.15, 0.2) is 66.7 Å². The topological polar surface area (TPSA) is 85.6 Å². The molecule has 4 aromatic rings. The maximum atomic E-state index is 12.4. The Hall–Kier alpha value is -3.39. The van der Waals surface area contributed by atoms with E-state index in [9.17, 15) is 4.79 Å². The summed E-state index contributed by atoms with van der Waals surface area (Å²) in [6.07, 6.45) is 5.22. The van der Waals surface area contributed by atoms with Crippen molar-refractivity contribution in [1.82, 2.24) is 24.7 Å². The molecule has 0 bridgehead atoms. The molecule has 0 saturated heterocycles. The fourth-order valence-corrected chi connectivity index (χ4v) is 3.11. The van der Waals surface area contributed by atoms with Gasteiger partial charge in [0.05, 0.1) is 11.3 Å². The molecule has 0 spiro atoms. The first kappa shape index (κ1) is 16.1. The van der Waals surface area contributed by atoms with Gasteiger partial charge in [-0.25, -0.2) is 19.6 Å². The van der Waals surface area contributed by atoms with E-state index in [0.717, 1.165) is 12.1 Å². The quantitative estimate of drug-likeness (QED) is 0.590. The summed E-state index contributed by atoms with van der Waals surface area (Å²) >= 11 is 1.41. The highest BCUT2D eigenvalue weighted by Crippen LogP contribution is 2.19. The van der Waals surface area contributed by atoms with Crippen LogP contribution in [0.25, 0.3) is 5.82 Å². The maximum Gasteiger partial charge on any atom is 0.259 e. The first-order valence-electron chi connectivity index (χ1n) is 7.89. The van der Waals surface area contributed by atoms with Gasteiger partial charge >= 0.3 is 0 Å². The van der Waals surface area contributed by atoms with E-state index in [1.807, 2.05) is 23.6 Å².